The molecule has 0 saturated heterocycles. The maximum Gasteiger partial charge on any atom is 0.331 e. The monoisotopic (exact) mass is 396 g/mol. The normalized spacial score (nSPS) is 10.8. The second-order valence-electron chi connectivity index (χ2n) is 5.66. The third-order valence-electron chi connectivity index (χ3n) is 3.77. The summed E-state index contributed by atoms with van der Waals surface area (Å²) in [5, 5.41) is 13.3. The molecule has 142 valence electrons. The van der Waals surface area contributed by atoms with Gasteiger partial charge < -0.3 is 9.47 Å². The number of aromatic nitrogens is 1. The first-order chi connectivity index (χ1) is 13.5. The minimum atomic E-state index is -0.516. The number of hydrogen-bond acceptors (Lipinski definition) is 7. The predicted molar refractivity (Wildman–Crippen MR) is 106 cm³/mol. The highest BCUT2D eigenvalue weighted by Gasteiger charge is 2.07. The fourth-order valence-corrected chi connectivity index (χ4v) is 3.11. The lowest BCUT2D eigenvalue weighted by Crippen LogP contribution is -2.01. The van der Waals surface area contributed by atoms with Crippen molar-refractivity contribution in [2.75, 3.05) is 7.11 Å². The molecule has 0 fully saturated rings. The lowest BCUT2D eigenvalue weighted by molar-refractivity contribution is -0.384. The van der Waals surface area contributed by atoms with Gasteiger partial charge in [-0.3, -0.25) is 10.1 Å². The van der Waals surface area contributed by atoms with Crippen LogP contribution in [0.25, 0.3) is 16.6 Å². The summed E-state index contributed by atoms with van der Waals surface area (Å²) in [6.07, 6.45) is 2.81. The summed E-state index contributed by atoms with van der Waals surface area (Å²) >= 11 is 1.47. The van der Waals surface area contributed by atoms with Crippen molar-refractivity contribution in [2.24, 2.45) is 0 Å². The molecular weight excluding hydrogens is 380 g/mol. The number of carbonyl (C=O) groups excluding carboxylic acids is 1. The van der Waals surface area contributed by atoms with Gasteiger partial charge in [-0.05, 0) is 48.0 Å². The molecular formula is C20H16N2O5S. The number of non-ortho nitro benzene ring substituents is 1. The zero-order chi connectivity index (χ0) is 19.9. The van der Waals surface area contributed by atoms with Crippen molar-refractivity contribution in [3.63, 3.8) is 0 Å². The molecule has 0 atom stereocenters. The van der Waals surface area contributed by atoms with Gasteiger partial charge in [-0.2, -0.15) is 0 Å². The van der Waals surface area contributed by atoms with Gasteiger partial charge in [0.15, 0.2) is 0 Å². The van der Waals surface area contributed by atoms with E-state index >= 15 is 0 Å². The average Bonchev–Trinajstić information content (AvgIpc) is 3.20. The fourth-order valence-electron chi connectivity index (χ4n) is 2.30. The van der Waals surface area contributed by atoms with Crippen molar-refractivity contribution in [1.29, 1.82) is 0 Å². The average molecular weight is 396 g/mol. The summed E-state index contributed by atoms with van der Waals surface area (Å²) in [4.78, 5) is 26.5. The molecule has 0 aliphatic carbocycles. The Balaban J connectivity index is 1.54. The highest BCUT2D eigenvalue weighted by molar-refractivity contribution is 7.13. The zero-order valence-corrected chi connectivity index (χ0v) is 15.7. The predicted octanol–water partition coefficient (Wildman–Crippen LogP) is 4.48. The second kappa shape index (κ2) is 8.92. The number of carbonyl (C=O) groups is 1. The third-order valence-corrected chi connectivity index (χ3v) is 4.71. The molecule has 0 saturated carbocycles. The van der Waals surface area contributed by atoms with Gasteiger partial charge in [0.2, 0.25) is 0 Å². The summed E-state index contributed by atoms with van der Waals surface area (Å²) in [6.45, 7) is 0.0656. The number of methoxy groups -OCH3 is 1. The van der Waals surface area contributed by atoms with Crippen molar-refractivity contribution in [1.82, 2.24) is 4.98 Å². The van der Waals surface area contributed by atoms with Gasteiger partial charge in [-0.25, -0.2) is 9.78 Å². The molecule has 0 aliphatic rings. The minimum absolute atomic E-state index is 0.00378. The molecule has 0 spiro atoms. The molecule has 28 heavy (non-hydrogen) atoms. The number of hydrogen-bond donors (Lipinski definition) is 0. The molecule has 7 nitrogen and oxygen atoms in total. The van der Waals surface area contributed by atoms with Gasteiger partial charge in [0.25, 0.3) is 5.69 Å². The lowest BCUT2D eigenvalue weighted by atomic mass is 10.2. The quantitative estimate of drug-likeness (QED) is 0.253. The number of nitro benzene ring substituents is 1. The van der Waals surface area contributed by atoms with Crippen LogP contribution < -0.4 is 4.74 Å². The highest BCUT2D eigenvalue weighted by atomic mass is 32.1. The molecule has 8 heteroatoms. The number of rotatable bonds is 7. The van der Waals surface area contributed by atoms with Gasteiger partial charge in [-0.15, -0.1) is 11.3 Å². The van der Waals surface area contributed by atoms with E-state index in [0.717, 1.165) is 16.3 Å². The van der Waals surface area contributed by atoms with Gasteiger partial charge in [0, 0.05) is 29.2 Å². The van der Waals surface area contributed by atoms with Gasteiger partial charge in [0.1, 0.15) is 17.4 Å². The third kappa shape index (κ3) is 5.01. The second-order valence-corrected chi connectivity index (χ2v) is 6.52. The number of thiazole rings is 1. The molecule has 1 heterocycles. The van der Waals surface area contributed by atoms with Gasteiger partial charge >= 0.3 is 5.97 Å². The molecule has 0 aliphatic heterocycles. The SMILES string of the molecule is COc1ccc(-c2nc(COC(=O)/C=C/c3ccc([N+](=O)[O-])cc3)cs2)cc1. The Morgan fingerprint density at radius 3 is 2.54 bits per heavy atom. The first-order valence-electron chi connectivity index (χ1n) is 8.23. The van der Waals surface area contributed by atoms with Crippen LogP contribution in [0.4, 0.5) is 5.69 Å². The van der Waals surface area contributed by atoms with E-state index in [1.807, 2.05) is 29.6 Å². The largest absolute Gasteiger partial charge is 0.497 e. The number of ether oxygens (including phenoxy) is 2. The molecule has 0 amide bonds. The van der Waals surface area contributed by atoms with Crippen molar-refractivity contribution in [3.8, 4) is 16.3 Å². The Labute approximate surface area is 165 Å². The first-order valence-corrected chi connectivity index (χ1v) is 9.11. The first kappa shape index (κ1) is 19.2. The van der Waals surface area contributed by atoms with Crippen LogP contribution >= 0.6 is 11.3 Å². The Hall–Kier alpha value is -3.52. The van der Waals surface area contributed by atoms with E-state index < -0.39 is 10.9 Å². The van der Waals surface area contributed by atoms with E-state index in [2.05, 4.69) is 4.98 Å². The number of nitrogens with zero attached hydrogens (tertiary/aromatic N) is 2. The van der Waals surface area contributed by atoms with E-state index in [4.69, 9.17) is 9.47 Å². The topological polar surface area (TPSA) is 91.6 Å². The highest BCUT2D eigenvalue weighted by Crippen LogP contribution is 2.26. The van der Waals surface area contributed by atoms with Crippen LogP contribution in [0.1, 0.15) is 11.3 Å². The van der Waals surface area contributed by atoms with Crippen LogP contribution in [0.2, 0.25) is 0 Å². The van der Waals surface area contributed by atoms with Crippen molar-refractivity contribution in [3.05, 3.63) is 81.4 Å². The summed E-state index contributed by atoms with van der Waals surface area (Å²) in [6, 6.07) is 13.4. The van der Waals surface area contributed by atoms with Crippen molar-refractivity contribution in [2.45, 2.75) is 6.61 Å². The Morgan fingerprint density at radius 2 is 1.89 bits per heavy atom. The molecule has 0 bridgehead atoms. The number of benzene rings is 2. The van der Waals surface area contributed by atoms with E-state index in [9.17, 15) is 14.9 Å². The molecule has 1 aromatic heterocycles. The number of nitro groups is 1. The Morgan fingerprint density at radius 1 is 1.18 bits per heavy atom. The van der Waals surface area contributed by atoms with E-state index in [0.29, 0.717) is 11.3 Å². The van der Waals surface area contributed by atoms with Gasteiger partial charge in [0.05, 0.1) is 17.7 Å². The summed E-state index contributed by atoms with van der Waals surface area (Å²) in [5.74, 6) is 0.256. The maximum atomic E-state index is 11.9. The van der Waals surface area contributed by atoms with Crippen LogP contribution in [0.5, 0.6) is 5.75 Å². The lowest BCUT2D eigenvalue weighted by Gasteiger charge is -2.01. The maximum absolute atomic E-state index is 11.9. The van der Waals surface area contributed by atoms with Crippen LogP contribution in [0.15, 0.2) is 60.0 Å². The summed E-state index contributed by atoms with van der Waals surface area (Å²) in [5.41, 5.74) is 2.28. The van der Waals surface area contributed by atoms with E-state index in [1.54, 1.807) is 19.2 Å². The summed E-state index contributed by atoms with van der Waals surface area (Å²) < 4.78 is 10.3. The van der Waals surface area contributed by atoms with Crippen LogP contribution in [-0.2, 0) is 16.1 Å². The fraction of sp³-hybridized carbons (Fsp3) is 0.100. The van der Waals surface area contributed by atoms with E-state index in [1.165, 1.54) is 35.6 Å². The molecule has 0 radical (unpaired) electrons. The standard InChI is InChI=1S/C20H16N2O5S/c1-26-18-9-5-15(6-10-18)20-21-16(13-28-20)12-27-19(23)11-4-14-2-7-17(8-3-14)22(24)25/h2-11,13H,12H2,1H3/b11-4+. The minimum Gasteiger partial charge on any atom is -0.497 e. The van der Waals surface area contributed by atoms with Crippen molar-refractivity contribution >= 4 is 29.1 Å². The molecule has 2 aromatic carbocycles. The van der Waals surface area contributed by atoms with Crippen LogP contribution in [0, 0.1) is 10.1 Å². The van der Waals surface area contributed by atoms with Crippen LogP contribution in [0.3, 0.4) is 0 Å². The summed E-state index contributed by atoms with van der Waals surface area (Å²) in [7, 11) is 1.61. The molecule has 3 aromatic rings. The van der Waals surface area contributed by atoms with Crippen LogP contribution in [-0.4, -0.2) is 23.0 Å². The van der Waals surface area contributed by atoms with E-state index in [-0.39, 0.29) is 12.3 Å². The van der Waals surface area contributed by atoms with Gasteiger partial charge in [-0.1, -0.05) is 0 Å². The Bertz CT molecular complexity index is 994. The number of esters is 1. The molecule has 0 N–H and O–H groups in total. The molecule has 3 rings (SSSR count). The molecule has 0 unspecified atom stereocenters. The van der Waals surface area contributed by atoms with Crippen molar-refractivity contribution < 1.29 is 19.2 Å². The Kier molecular flexibility index (Phi) is 6.13. The zero-order valence-electron chi connectivity index (χ0n) is 14.9. The smallest absolute Gasteiger partial charge is 0.331 e.